The molecule has 1 fully saturated rings. The summed E-state index contributed by atoms with van der Waals surface area (Å²) < 4.78 is 0.925. The highest BCUT2D eigenvalue weighted by molar-refractivity contribution is 9.10. The molecule has 0 aromatic heterocycles. The van der Waals surface area contributed by atoms with E-state index in [1.165, 1.54) is 9.80 Å². The number of carbonyl (C=O) groups is 4. The maximum Gasteiger partial charge on any atom is 0.242 e. The van der Waals surface area contributed by atoms with Crippen LogP contribution >= 0.6 is 15.9 Å². The van der Waals surface area contributed by atoms with Crippen molar-refractivity contribution in [2.24, 2.45) is 11.8 Å². The quantitative estimate of drug-likeness (QED) is 0.401. The van der Waals surface area contributed by atoms with Crippen LogP contribution in [-0.2, 0) is 25.7 Å². The number of halogens is 1. The summed E-state index contributed by atoms with van der Waals surface area (Å²) in [5.41, 5.74) is 0.889. The Bertz CT molecular complexity index is 904. The molecule has 0 saturated carbocycles. The van der Waals surface area contributed by atoms with Crippen LogP contribution in [0.5, 0.6) is 0 Å². The highest BCUT2D eigenvalue weighted by Crippen LogP contribution is 2.35. The van der Waals surface area contributed by atoms with Crippen LogP contribution in [0.4, 0.5) is 0 Å². The zero-order valence-corrected chi connectivity index (χ0v) is 21.0. The Kier molecular flexibility index (Phi) is 8.46. The summed E-state index contributed by atoms with van der Waals surface area (Å²) in [6.45, 7) is 5.92. The van der Waals surface area contributed by atoms with Crippen LogP contribution in [0.2, 0.25) is 0 Å². The number of imide groups is 1. The summed E-state index contributed by atoms with van der Waals surface area (Å²) in [5.74, 6) is -1.49. The third kappa shape index (κ3) is 5.91. The molecule has 1 saturated heterocycles. The monoisotopic (exact) mass is 517 g/mol. The fourth-order valence-electron chi connectivity index (χ4n) is 4.28. The van der Waals surface area contributed by atoms with E-state index in [4.69, 9.17) is 0 Å². The van der Waals surface area contributed by atoms with Gasteiger partial charge in [0, 0.05) is 30.0 Å². The van der Waals surface area contributed by atoms with Crippen LogP contribution in [0, 0.1) is 11.8 Å². The van der Waals surface area contributed by atoms with E-state index in [9.17, 15) is 19.2 Å². The number of nitrogens with one attached hydrogen (secondary N) is 1. The Balaban J connectivity index is 1.71. The number of allylic oxidation sites excluding steroid dienone is 2. The van der Waals surface area contributed by atoms with E-state index in [0.717, 1.165) is 16.5 Å². The molecule has 3 rings (SSSR count). The summed E-state index contributed by atoms with van der Waals surface area (Å²) in [6, 6.07) is 6.88. The van der Waals surface area contributed by atoms with E-state index in [0.29, 0.717) is 12.8 Å². The fourth-order valence-corrected chi connectivity index (χ4v) is 4.54. The van der Waals surface area contributed by atoms with Gasteiger partial charge in [0.2, 0.25) is 23.6 Å². The molecule has 1 aromatic rings. The average molecular weight is 518 g/mol. The van der Waals surface area contributed by atoms with Crippen LogP contribution in [-0.4, -0.2) is 52.1 Å². The molecule has 7 nitrogen and oxygen atoms in total. The van der Waals surface area contributed by atoms with Crippen molar-refractivity contribution in [2.75, 3.05) is 6.54 Å². The molecule has 1 N–H and O–H groups in total. The number of amides is 4. The molecule has 2 aliphatic rings. The van der Waals surface area contributed by atoms with Crippen LogP contribution < -0.4 is 5.32 Å². The number of likely N-dealkylation sites (tertiary alicyclic amines) is 1. The molecule has 8 heteroatoms. The zero-order chi connectivity index (χ0) is 24.1. The molecule has 178 valence electrons. The first-order valence-electron chi connectivity index (χ1n) is 11.6. The summed E-state index contributed by atoms with van der Waals surface area (Å²) in [4.78, 5) is 54.3. The molecule has 0 spiro atoms. The van der Waals surface area contributed by atoms with E-state index in [2.05, 4.69) is 21.2 Å². The number of nitrogens with zero attached hydrogens (tertiary/aromatic N) is 2. The lowest BCUT2D eigenvalue weighted by molar-refractivity contribution is -0.143. The summed E-state index contributed by atoms with van der Waals surface area (Å²) in [6.07, 6.45) is 5.80. The molecule has 1 aromatic carbocycles. The Labute approximate surface area is 203 Å². The van der Waals surface area contributed by atoms with Gasteiger partial charge < -0.3 is 10.2 Å². The van der Waals surface area contributed by atoms with Crippen molar-refractivity contribution < 1.29 is 19.2 Å². The van der Waals surface area contributed by atoms with Crippen molar-refractivity contribution in [3.8, 4) is 0 Å². The molecular weight excluding hydrogens is 486 g/mol. The van der Waals surface area contributed by atoms with Gasteiger partial charge in [-0.25, -0.2) is 0 Å². The maximum atomic E-state index is 13.3. The lowest BCUT2D eigenvalue weighted by atomic mass is 9.85. The van der Waals surface area contributed by atoms with Crippen molar-refractivity contribution >= 4 is 39.6 Å². The normalized spacial score (nSPS) is 21.5. The van der Waals surface area contributed by atoms with Gasteiger partial charge in [0.1, 0.15) is 6.04 Å². The summed E-state index contributed by atoms with van der Waals surface area (Å²) in [7, 11) is 0. The average Bonchev–Trinajstić information content (AvgIpc) is 3.06. The molecule has 1 aliphatic carbocycles. The number of carbonyl (C=O) groups excluding carboxylic acids is 4. The first-order chi connectivity index (χ1) is 15.7. The van der Waals surface area contributed by atoms with E-state index in [1.807, 2.05) is 50.3 Å². The van der Waals surface area contributed by atoms with Crippen molar-refractivity contribution in [1.82, 2.24) is 15.1 Å². The maximum absolute atomic E-state index is 13.3. The molecular formula is C25H32BrN3O4. The Morgan fingerprint density at radius 2 is 1.67 bits per heavy atom. The SMILES string of the molecule is CC[C@@H](C)NC(=O)[C@H](C)N(Cc1ccc(Br)cc1)C(=O)CCN1C(=O)[C@H]2CC=CC[C@H]2C1=O. The number of hydrogen-bond acceptors (Lipinski definition) is 4. The van der Waals surface area contributed by atoms with Crippen LogP contribution in [0.1, 0.15) is 52.0 Å². The molecule has 0 bridgehead atoms. The van der Waals surface area contributed by atoms with E-state index in [1.54, 1.807) is 6.92 Å². The predicted octanol–water partition coefficient (Wildman–Crippen LogP) is 3.42. The van der Waals surface area contributed by atoms with Gasteiger partial charge in [0.05, 0.1) is 11.8 Å². The number of hydrogen-bond donors (Lipinski definition) is 1. The molecule has 4 amide bonds. The fraction of sp³-hybridized carbons (Fsp3) is 0.520. The Morgan fingerprint density at radius 3 is 2.21 bits per heavy atom. The lowest BCUT2D eigenvalue weighted by Crippen LogP contribution is -2.50. The molecule has 1 aliphatic heterocycles. The van der Waals surface area contributed by atoms with Gasteiger partial charge in [-0.3, -0.25) is 24.1 Å². The summed E-state index contributed by atoms with van der Waals surface area (Å²) in [5, 5.41) is 2.94. The van der Waals surface area contributed by atoms with E-state index < -0.39 is 6.04 Å². The number of fused-ring (bicyclic) bond motifs is 1. The van der Waals surface area contributed by atoms with E-state index in [-0.39, 0.29) is 61.0 Å². The standard InChI is InChI=1S/C25H32BrN3O4/c1-4-16(2)27-23(31)17(3)29(15-18-9-11-19(26)12-10-18)22(30)13-14-28-24(32)20-7-5-6-8-21(20)25(28)33/h5-6,9-12,16-17,20-21H,4,7-8,13-15H2,1-3H3,(H,27,31)/t16-,17+,20-,21+/m1/s1. The van der Waals surface area contributed by atoms with Crippen LogP contribution in [0.3, 0.4) is 0 Å². The van der Waals surface area contributed by atoms with Crippen molar-refractivity contribution in [1.29, 1.82) is 0 Å². The highest BCUT2D eigenvalue weighted by Gasteiger charge is 2.47. The number of rotatable bonds is 9. The van der Waals surface area contributed by atoms with Crippen molar-refractivity contribution in [2.45, 2.75) is 65.1 Å². The third-order valence-electron chi connectivity index (χ3n) is 6.58. The lowest BCUT2D eigenvalue weighted by Gasteiger charge is -2.30. The molecule has 33 heavy (non-hydrogen) atoms. The minimum absolute atomic E-state index is 0.00128. The predicted molar refractivity (Wildman–Crippen MR) is 129 cm³/mol. The smallest absolute Gasteiger partial charge is 0.242 e. The zero-order valence-electron chi connectivity index (χ0n) is 19.4. The molecule has 0 unspecified atom stereocenters. The van der Waals surface area contributed by atoms with Gasteiger partial charge in [-0.15, -0.1) is 0 Å². The Hall–Kier alpha value is -2.48. The largest absolute Gasteiger partial charge is 0.352 e. The van der Waals surface area contributed by atoms with Crippen LogP contribution in [0.25, 0.3) is 0 Å². The van der Waals surface area contributed by atoms with Gasteiger partial charge >= 0.3 is 0 Å². The molecule has 4 atom stereocenters. The van der Waals surface area contributed by atoms with Crippen LogP contribution in [0.15, 0.2) is 40.9 Å². The minimum atomic E-state index is -0.688. The first kappa shape index (κ1) is 25.1. The number of benzene rings is 1. The van der Waals surface area contributed by atoms with E-state index >= 15 is 0 Å². The second-order valence-electron chi connectivity index (χ2n) is 8.88. The van der Waals surface area contributed by atoms with Crippen molar-refractivity contribution in [3.05, 3.63) is 46.5 Å². The van der Waals surface area contributed by atoms with Crippen molar-refractivity contribution in [3.63, 3.8) is 0 Å². The third-order valence-corrected chi connectivity index (χ3v) is 7.11. The van der Waals surface area contributed by atoms with Gasteiger partial charge in [-0.05, 0) is 50.8 Å². The van der Waals surface area contributed by atoms with Gasteiger partial charge in [0.15, 0.2) is 0 Å². The van der Waals surface area contributed by atoms with Gasteiger partial charge in [-0.1, -0.05) is 47.1 Å². The minimum Gasteiger partial charge on any atom is -0.352 e. The molecule has 1 heterocycles. The Morgan fingerprint density at radius 1 is 1.09 bits per heavy atom. The topological polar surface area (TPSA) is 86.8 Å². The van der Waals surface area contributed by atoms with Gasteiger partial charge in [-0.2, -0.15) is 0 Å². The summed E-state index contributed by atoms with van der Waals surface area (Å²) >= 11 is 3.41. The molecule has 0 radical (unpaired) electrons. The second kappa shape index (κ2) is 11.1. The second-order valence-corrected chi connectivity index (χ2v) is 9.79. The first-order valence-corrected chi connectivity index (χ1v) is 12.4. The van der Waals surface area contributed by atoms with Gasteiger partial charge in [0.25, 0.3) is 0 Å². The highest BCUT2D eigenvalue weighted by atomic mass is 79.9.